The number of nitrogen functional groups attached to an aromatic ring is 8. The van der Waals surface area contributed by atoms with Crippen LogP contribution in [0.5, 0.6) is 11.5 Å². The van der Waals surface area contributed by atoms with Crippen LogP contribution in [0.15, 0.2) is 188 Å². The van der Waals surface area contributed by atoms with Crippen molar-refractivity contribution in [2.24, 2.45) is 70.0 Å². The zero-order valence-electron chi connectivity index (χ0n) is 68.7. The molecule has 2 heterocycles. The highest BCUT2D eigenvalue weighted by Gasteiger charge is 2.73. The molecular formula is C97H115N9O12. The van der Waals surface area contributed by atoms with Crippen molar-refractivity contribution in [2.75, 3.05) is 59.6 Å². The lowest BCUT2D eigenvalue weighted by molar-refractivity contribution is -0.158. The number of benzene rings is 8. The van der Waals surface area contributed by atoms with Gasteiger partial charge >= 0.3 is 35.8 Å². The van der Waals surface area contributed by atoms with E-state index in [2.05, 4.69) is 92.6 Å². The molecule has 620 valence electrons. The topological polar surface area (TPSA) is 390 Å². The fourth-order valence-corrected chi connectivity index (χ4v) is 19.8. The molecule has 21 nitrogen and oxygen atoms in total. The number of anilines is 8. The molecule has 0 aromatic heterocycles. The Hall–Kier alpha value is -11.8. The van der Waals surface area contributed by atoms with Crippen LogP contribution in [0, 0.1) is 81.3 Å². The van der Waals surface area contributed by atoms with Gasteiger partial charge in [0.2, 0.25) is 0 Å². The fourth-order valence-electron chi connectivity index (χ4n) is 19.8. The predicted octanol–water partition coefficient (Wildman–Crippen LogP) is 17.6. The number of ether oxygens (including phenoxy) is 6. The highest BCUT2D eigenvalue weighted by atomic mass is 16.6. The van der Waals surface area contributed by atoms with Crippen molar-refractivity contribution >= 4 is 81.3 Å². The molecule has 8 aromatic rings. The normalized spacial score (nSPS) is 25.0. The van der Waals surface area contributed by atoms with Crippen LogP contribution >= 0.6 is 0 Å². The molecule has 6 aliphatic carbocycles. The number of nitrogens with two attached hydrogens (primary N) is 8. The number of methoxy groups -OCH3 is 1. The minimum Gasteiger partial charge on any atom is -0.497 e. The number of carbonyl (C=O) groups excluding carboxylic acids is 6. The second-order valence-electron chi connectivity index (χ2n) is 34.4. The van der Waals surface area contributed by atoms with Crippen molar-refractivity contribution in [2.45, 2.75) is 168 Å². The molecule has 0 bridgehead atoms. The van der Waals surface area contributed by atoms with E-state index in [1.165, 1.54) is 73.6 Å². The number of allylic oxidation sites excluding steroid dienone is 1. The van der Waals surface area contributed by atoms with Crippen molar-refractivity contribution < 1.29 is 57.2 Å². The van der Waals surface area contributed by atoms with Crippen molar-refractivity contribution in [3.8, 4) is 28.7 Å². The second-order valence-corrected chi connectivity index (χ2v) is 34.4. The summed E-state index contributed by atoms with van der Waals surface area (Å²) in [4.78, 5) is 69.5. The Morgan fingerprint density at radius 3 is 1.53 bits per heavy atom. The Bertz CT molecular complexity index is 4780. The first-order chi connectivity index (χ1) is 56.6. The zero-order chi connectivity index (χ0) is 84.1. The molecule has 7 fully saturated rings. The van der Waals surface area contributed by atoms with E-state index in [1.54, 1.807) is 67.3 Å². The minimum absolute atomic E-state index is 0.0512. The SMILES string of the molecule is CC(C)CCCC(C)C1CCC2C3CC=C4CC(OC(=O)c5cc(N)cc(N)c5)CCC4(C)C3CCC12C.COc1ccc(C2CCC(OC(=O)c3cc(N)cc(N)c3)CC2)cc1.N#Cc1ccc(-c2ccc(CCCOc3ccc(N)cc3N)cc2)cc1.Nc1ccc(Cc2ccc(N)cc2)cc1.O=C1OC(=O)C2C1C1C(=O)OC(=O)C21. The van der Waals surface area contributed by atoms with E-state index in [9.17, 15) is 28.8 Å². The molecule has 21 heteroatoms. The molecule has 8 unspecified atom stereocenters. The number of carbonyl (C=O) groups is 6. The summed E-state index contributed by atoms with van der Waals surface area (Å²) >= 11 is 0. The molecule has 2 aliphatic heterocycles. The number of rotatable bonds is 19. The van der Waals surface area contributed by atoms with E-state index in [-0.39, 0.29) is 29.6 Å². The lowest BCUT2D eigenvalue weighted by Gasteiger charge is -2.58. The molecule has 8 atom stereocenters. The van der Waals surface area contributed by atoms with Crippen LogP contribution in [0.25, 0.3) is 11.1 Å². The Balaban J connectivity index is 0.000000142. The van der Waals surface area contributed by atoms with Crippen molar-refractivity contribution in [3.63, 3.8) is 0 Å². The number of nitrogens with zero attached hydrogens (tertiary/aromatic N) is 1. The van der Waals surface area contributed by atoms with Gasteiger partial charge in [-0.25, -0.2) is 9.59 Å². The van der Waals surface area contributed by atoms with Gasteiger partial charge in [-0.15, -0.1) is 0 Å². The number of aryl methyl sites for hydroxylation is 1. The number of esters is 6. The molecule has 16 N–H and O–H groups in total. The average molecular weight is 1600 g/mol. The first-order valence-electron chi connectivity index (χ1n) is 41.7. The lowest BCUT2D eigenvalue weighted by atomic mass is 9.47. The van der Waals surface area contributed by atoms with Crippen LogP contribution < -0.4 is 55.3 Å². The van der Waals surface area contributed by atoms with Gasteiger partial charge in [0.25, 0.3) is 0 Å². The number of cyclic esters (lactones) is 4. The molecular weight excluding hydrogens is 1480 g/mol. The predicted molar refractivity (Wildman–Crippen MR) is 463 cm³/mol. The molecule has 0 radical (unpaired) electrons. The summed E-state index contributed by atoms with van der Waals surface area (Å²) in [6.45, 7) is 13.1. The highest BCUT2D eigenvalue weighted by molar-refractivity contribution is 6.10. The maximum Gasteiger partial charge on any atom is 0.338 e. The molecule has 0 amide bonds. The second kappa shape index (κ2) is 38.1. The van der Waals surface area contributed by atoms with Gasteiger partial charge in [0.1, 0.15) is 23.7 Å². The Kier molecular flexibility index (Phi) is 27.6. The third kappa shape index (κ3) is 20.6. The van der Waals surface area contributed by atoms with E-state index in [4.69, 9.17) is 70.1 Å². The van der Waals surface area contributed by atoms with Crippen LogP contribution in [0.1, 0.15) is 192 Å². The lowest BCUT2D eigenvalue weighted by Crippen LogP contribution is -2.51. The summed E-state index contributed by atoms with van der Waals surface area (Å²) in [6, 6.07) is 57.4. The maximum absolute atomic E-state index is 12.9. The van der Waals surface area contributed by atoms with Gasteiger partial charge < -0.3 is 74.3 Å². The summed E-state index contributed by atoms with van der Waals surface area (Å²) in [5.41, 5.74) is 62.0. The first kappa shape index (κ1) is 85.6. The number of fused-ring (bicyclic) bond motifs is 9. The van der Waals surface area contributed by atoms with E-state index >= 15 is 0 Å². The number of hydrogen-bond donors (Lipinski definition) is 8. The molecule has 118 heavy (non-hydrogen) atoms. The summed E-state index contributed by atoms with van der Waals surface area (Å²) in [6.07, 6.45) is 22.9. The van der Waals surface area contributed by atoms with Gasteiger partial charge in [0.15, 0.2) is 0 Å². The third-order valence-corrected chi connectivity index (χ3v) is 26.1. The van der Waals surface area contributed by atoms with Gasteiger partial charge in [0, 0.05) is 46.2 Å². The Labute approximate surface area is 693 Å². The van der Waals surface area contributed by atoms with Gasteiger partial charge in [0.05, 0.1) is 65.8 Å². The van der Waals surface area contributed by atoms with Gasteiger partial charge in [-0.05, 0) is 279 Å². The Morgan fingerprint density at radius 1 is 0.517 bits per heavy atom. The molecule has 16 rings (SSSR count). The smallest absolute Gasteiger partial charge is 0.338 e. The summed E-state index contributed by atoms with van der Waals surface area (Å²) in [7, 11) is 1.67. The van der Waals surface area contributed by atoms with Crippen LogP contribution in [0.3, 0.4) is 0 Å². The summed E-state index contributed by atoms with van der Waals surface area (Å²) in [5.74, 6) is 0.434. The molecule has 5 saturated carbocycles. The van der Waals surface area contributed by atoms with Crippen LogP contribution in [0.4, 0.5) is 45.5 Å². The molecule has 8 aromatic carbocycles. The quantitative estimate of drug-likeness (QED) is 0.00931. The fraction of sp³-hybridized carbons (Fsp3) is 0.412. The standard InChI is InChI=1S/C34H52N2O2.C22H21N3O.C20H24N2O3.C13H14N2.C8H4O6/c1-21(2)7-6-8-22(3)29-11-12-30-28-10-9-24-19-27(38-32(37)23-17-25(35)20-26(36)18-23)13-15-33(24,4)31(28)14-16-34(29,30)5;23-15-17-5-9-19(10-6-17)18-7-3-16(4-8-18)2-1-13-26-22-12-11-20(24)14-21(22)25;1-24-18-6-2-13(3-7-18)14-4-8-19(9-5-14)25-20(23)15-10-16(21)12-17(22)11-15;14-12-5-1-10(2-6-12)9-11-3-7-13(15)8-4-11;9-5-1-2(6(10)13-5)4-3(1)7(11)14-8(4)12/h9,17-18,20-22,27-31H,6-8,10-16,19,35-36H2,1-5H3;3-12,14H,1-2,13,24-25H2;2-3,6-7,10-12,14,19H,4-5,8-9,21-22H2,1H3;1-8H,9,14-15H2;1-4H. The van der Waals surface area contributed by atoms with E-state index in [1.807, 2.05) is 84.9 Å². The maximum atomic E-state index is 12.9. The van der Waals surface area contributed by atoms with Crippen molar-refractivity contribution in [1.82, 2.24) is 0 Å². The van der Waals surface area contributed by atoms with E-state index in [0.717, 1.165) is 128 Å². The highest BCUT2D eigenvalue weighted by Crippen LogP contribution is 2.68. The first-order valence-corrected chi connectivity index (χ1v) is 41.7. The van der Waals surface area contributed by atoms with Gasteiger partial charge in [-0.1, -0.05) is 138 Å². The van der Waals surface area contributed by atoms with E-state index in [0.29, 0.717) is 74.5 Å². The van der Waals surface area contributed by atoms with Crippen molar-refractivity contribution in [1.29, 1.82) is 5.26 Å². The van der Waals surface area contributed by atoms with E-state index < -0.39 is 47.5 Å². The third-order valence-electron chi connectivity index (χ3n) is 26.1. The average Bonchev–Trinajstić information content (AvgIpc) is 1.31. The summed E-state index contributed by atoms with van der Waals surface area (Å²) in [5, 5.41) is 8.87. The molecule has 0 spiro atoms. The minimum atomic E-state index is -0.786. The molecule has 2 saturated heterocycles. The largest absolute Gasteiger partial charge is 0.497 e. The van der Waals surface area contributed by atoms with Crippen LogP contribution in [-0.2, 0) is 51.0 Å². The van der Waals surface area contributed by atoms with Gasteiger partial charge in [-0.2, -0.15) is 5.26 Å². The molecule has 8 aliphatic rings. The van der Waals surface area contributed by atoms with Crippen LogP contribution in [0.2, 0.25) is 0 Å². The van der Waals surface area contributed by atoms with Gasteiger partial charge in [-0.3, -0.25) is 19.2 Å². The number of nitriles is 1. The Morgan fingerprint density at radius 2 is 1.03 bits per heavy atom. The summed E-state index contributed by atoms with van der Waals surface area (Å²) < 4.78 is 31.2. The van der Waals surface area contributed by atoms with Crippen molar-refractivity contribution in [3.05, 3.63) is 227 Å². The number of hydrogen-bond acceptors (Lipinski definition) is 21. The van der Waals surface area contributed by atoms with Crippen LogP contribution in [-0.4, -0.2) is 61.7 Å². The zero-order valence-corrected chi connectivity index (χ0v) is 68.7. The monoisotopic (exact) mass is 1600 g/mol.